The van der Waals surface area contributed by atoms with Crippen LogP contribution in [0.4, 0.5) is 11.4 Å². The first kappa shape index (κ1) is 12.3. The molecule has 0 heterocycles. The van der Waals surface area contributed by atoms with Crippen LogP contribution in [0.1, 0.15) is 12.5 Å². The Morgan fingerprint density at radius 1 is 1.11 bits per heavy atom. The highest BCUT2D eigenvalue weighted by molar-refractivity contribution is 5.56. The highest BCUT2D eigenvalue weighted by Gasteiger charge is 2.01. The SMILES string of the molecule is CCOc1ccccc1NCc1cccc(N)c1. The largest absolute Gasteiger partial charge is 0.492 e. The fourth-order valence-electron chi connectivity index (χ4n) is 1.79. The minimum absolute atomic E-state index is 0.664. The molecule has 0 unspecified atom stereocenters. The summed E-state index contributed by atoms with van der Waals surface area (Å²) in [5.41, 5.74) is 8.69. The van der Waals surface area contributed by atoms with Gasteiger partial charge in [-0.1, -0.05) is 24.3 Å². The third-order valence-electron chi connectivity index (χ3n) is 2.62. The number of nitrogens with one attached hydrogen (secondary N) is 1. The van der Waals surface area contributed by atoms with Crippen molar-refractivity contribution in [2.75, 3.05) is 17.7 Å². The molecule has 0 spiro atoms. The molecule has 2 rings (SSSR count). The molecule has 0 bridgehead atoms. The number of benzene rings is 2. The number of para-hydroxylation sites is 2. The summed E-state index contributed by atoms with van der Waals surface area (Å²) in [5.74, 6) is 0.879. The predicted molar refractivity (Wildman–Crippen MR) is 75.8 cm³/mol. The van der Waals surface area contributed by atoms with E-state index < -0.39 is 0 Å². The highest BCUT2D eigenvalue weighted by Crippen LogP contribution is 2.24. The summed E-state index contributed by atoms with van der Waals surface area (Å²) in [5, 5.41) is 3.36. The van der Waals surface area contributed by atoms with Gasteiger partial charge in [-0.15, -0.1) is 0 Å². The van der Waals surface area contributed by atoms with E-state index in [9.17, 15) is 0 Å². The van der Waals surface area contributed by atoms with E-state index in [0.717, 1.165) is 29.2 Å². The number of rotatable bonds is 5. The first-order valence-corrected chi connectivity index (χ1v) is 6.09. The van der Waals surface area contributed by atoms with E-state index in [1.165, 1.54) is 0 Å². The van der Waals surface area contributed by atoms with E-state index >= 15 is 0 Å². The van der Waals surface area contributed by atoms with E-state index in [0.29, 0.717) is 6.61 Å². The van der Waals surface area contributed by atoms with E-state index in [1.807, 2.05) is 55.5 Å². The molecule has 3 N–H and O–H groups in total. The number of nitrogen functional groups attached to an aromatic ring is 1. The molecule has 0 aliphatic carbocycles. The maximum atomic E-state index is 5.75. The molecule has 0 aliphatic heterocycles. The molecule has 0 aliphatic rings. The van der Waals surface area contributed by atoms with Crippen molar-refractivity contribution in [3.8, 4) is 5.75 Å². The zero-order valence-corrected chi connectivity index (χ0v) is 10.5. The summed E-state index contributed by atoms with van der Waals surface area (Å²) >= 11 is 0. The predicted octanol–water partition coefficient (Wildman–Crippen LogP) is 3.28. The normalized spacial score (nSPS) is 10.1. The zero-order valence-electron chi connectivity index (χ0n) is 10.5. The molecule has 18 heavy (non-hydrogen) atoms. The molecular formula is C15H18N2O. The van der Waals surface area contributed by atoms with Gasteiger partial charge in [0.15, 0.2) is 0 Å². The van der Waals surface area contributed by atoms with Gasteiger partial charge in [0.2, 0.25) is 0 Å². The van der Waals surface area contributed by atoms with Crippen molar-refractivity contribution in [3.63, 3.8) is 0 Å². The van der Waals surface area contributed by atoms with Crippen molar-refractivity contribution < 1.29 is 4.74 Å². The number of hydrogen-bond donors (Lipinski definition) is 2. The van der Waals surface area contributed by atoms with Gasteiger partial charge < -0.3 is 15.8 Å². The molecule has 94 valence electrons. The van der Waals surface area contributed by atoms with Crippen LogP contribution in [0.5, 0.6) is 5.75 Å². The van der Waals surface area contributed by atoms with Gasteiger partial charge in [0.05, 0.1) is 12.3 Å². The molecule has 0 saturated carbocycles. The first-order chi connectivity index (χ1) is 8.79. The molecule has 0 radical (unpaired) electrons. The summed E-state index contributed by atoms with van der Waals surface area (Å²) in [6.07, 6.45) is 0. The van der Waals surface area contributed by atoms with Crippen LogP contribution in [-0.4, -0.2) is 6.61 Å². The van der Waals surface area contributed by atoms with Gasteiger partial charge in [0, 0.05) is 12.2 Å². The van der Waals surface area contributed by atoms with Gasteiger partial charge in [-0.05, 0) is 36.8 Å². The molecule has 3 nitrogen and oxygen atoms in total. The van der Waals surface area contributed by atoms with Crippen LogP contribution in [0.2, 0.25) is 0 Å². The van der Waals surface area contributed by atoms with E-state index in [2.05, 4.69) is 5.32 Å². The summed E-state index contributed by atoms with van der Waals surface area (Å²) in [4.78, 5) is 0. The second-order valence-electron chi connectivity index (χ2n) is 4.03. The minimum Gasteiger partial charge on any atom is -0.492 e. The van der Waals surface area contributed by atoms with Gasteiger partial charge in [-0.3, -0.25) is 0 Å². The second-order valence-corrected chi connectivity index (χ2v) is 4.03. The Balaban J connectivity index is 2.06. The van der Waals surface area contributed by atoms with Crippen LogP contribution in [0.15, 0.2) is 48.5 Å². The lowest BCUT2D eigenvalue weighted by Gasteiger charge is -2.12. The van der Waals surface area contributed by atoms with Crippen molar-refractivity contribution in [3.05, 3.63) is 54.1 Å². The molecule has 3 heteroatoms. The summed E-state index contributed by atoms with van der Waals surface area (Å²) in [6.45, 7) is 3.38. The molecule has 0 fully saturated rings. The van der Waals surface area contributed by atoms with Crippen molar-refractivity contribution in [2.24, 2.45) is 0 Å². The zero-order chi connectivity index (χ0) is 12.8. The van der Waals surface area contributed by atoms with E-state index in [-0.39, 0.29) is 0 Å². The Bertz CT molecular complexity index is 511. The lowest BCUT2D eigenvalue weighted by molar-refractivity contribution is 0.341. The summed E-state index contributed by atoms with van der Waals surface area (Å²) in [7, 11) is 0. The average molecular weight is 242 g/mol. The van der Waals surface area contributed by atoms with Crippen LogP contribution in [-0.2, 0) is 6.54 Å². The van der Waals surface area contributed by atoms with Crippen molar-refractivity contribution in [1.29, 1.82) is 0 Å². The van der Waals surface area contributed by atoms with Gasteiger partial charge in [0.1, 0.15) is 5.75 Å². The molecule has 0 amide bonds. The van der Waals surface area contributed by atoms with Crippen molar-refractivity contribution >= 4 is 11.4 Å². The van der Waals surface area contributed by atoms with E-state index in [4.69, 9.17) is 10.5 Å². The first-order valence-electron chi connectivity index (χ1n) is 6.09. The third kappa shape index (κ3) is 3.17. The highest BCUT2D eigenvalue weighted by atomic mass is 16.5. The topological polar surface area (TPSA) is 47.3 Å². The summed E-state index contributed by atoms with van der Waals surface area (Å²) < 4.78 is 5.56. The molecule has 2 aromatic rings. The molecule has 0 saturated heterocycles. The monoisotopic (exact) mass is 242 g/mol. The van der Waals surface area contributed by atoms with Crippen LogP contribution in [0.3, 0.4) is 0 Å². The maximum Gasteiger partial charge on any atom is 0.142 e. The minimum atomic E-state index is 0.664. The maximum absolute atomic E-state index is 5.75. The van der Waals surface area contributed by atoms with Crippen LogP contribution < -0.4 is 15.8 Å². The second kappa shape index (κ2) is 5.96. The quantitative estimate of drug-likeness (QED) is 0.791. The molecular weight excluding hydrogens is 224 g/mol. The van der Waals surface area contributed by atoms with Crippen LogP contribution in [0, 0.1) is 0 Å². The number of anilines is 2. The van der Waals surface area contributed by atoms with E-state index in [1.54, 1.807) is 0 Å². The Labute approximate surface area is 108 Å². The Morgan fingerprint density at radius 3 is 2.72 bits per heavy atom. The lowest BCUT2D eigenvalue weighted by atomic mass is 10.2. The Kier molecular flexibility index (Phi) is 4.07. The Morgan fingerprint density at radius 2 is 1.94 bits per heavy atom. The third-order valence-corrected chi connectivity index (χ3v) is 2.62. The van der Waals surface area contributed by atoms with Gasteiger partial charge >= 0.3 is 0 Å². The number of ether oxygens (including phenoxy) is 1. The molecule has 0 aromatic heterocycles. The fraction of sp³-hybridized carbons (Fsp3) is 0.200. The van der Waals surface area contributed by atoms with Crippen molar-refractivity contribution in [2.45, 2.75) is 13.5 Å². The van der Waals surface area contributed by atoms with Crippen LogP contribution in [0.25, 0.3) is 0 Å². The average Bonchev–Trinajstić information content (AvgIpc) is 2.38. The van der Waals surface area contributed by atoms with Gasteiger partial charge in [-0.25, -0.2) is 0 Å². The van der Waals surface area contributed by atoms with Crippen LogP contribution >= 0.6 is 0 Å². The number of hydrogen-bond acceptors (Lipinski definition) is 3. The molecule has 0 atom stereocenters. The molecule has 2 aromatic carbocycles. The number of nitrogens with two attached hydrogens (primary N) is 1. The Hall–Kier alpha value is -2.16. The summed E-state index contributed by atoms with van der Waals surface area (Å²) in [6, 6.07) is 15.8. The van der Waals surface area contributed by atoms with Crippen molar-refractivity contribution in [1.82, 2.24) is 0 Å². The van der Waals surface area contributed by atoms with Gasteiger partial charge in [-0.2, -0.15) is 0 Å². The van der Waals surface area contributed by atoms with Gasteiger partial charge in [0.25, 0.3) is 0 Å². The standard InChI is InChI=1S/C15H18N2O/c1-2-18-15-9-4-3-8-14(15)17-11-12-6-5-7-13(16)10-12/h3-10,17H,2,11,16H2,1H3. The lowest BCUT2D eigenvalue weighted by Crippen LogP contribution is -2.03. The smallest absolute Gasteiger partial charge is 0.142 e. The fourth-order valence-corrected chi connectivity index (χ4v) is 1.79.